The predicted molar refractivity (Wildman–Crippen MR) is 76.6 cm³/mol. The number of nitrogens with two attached hydrogens (primary N) is 1. The van der Waals surface area contributed by atoms with Crippen molar-refractivity contribution in [2.45, 2.75) is 13.0 Å². The highest BCUT2D eigenvalue weighted by Crippen LogP contribution is 2.38. The molecule has 0 aliphatic carbocycles. The van der Waals surface area contributed by atoms with E-state index in [1.165, 1.54) is 0 Å². The molecule has 0 aliphatic rings. The smallest absolute Gasteiger partial charge is 0.220 e. The Morgan fingerprint density at radius 3 is 2.79 bits per heavy atom. The third-order valence-electron chi connectivity index (χ3n) is 2.71. The van der Waals surface area contributed by atoms with Crippen molar-refractivity contribution in [2.24, 2.45) is 16.0 Å². The number of thiocarbonyl (C=S) groups is 1. The van der Waals surface area contributed by atoms with Gasteiger partial charge in [0.1, 0.15) is 0 Å². The van der Waals surface area contributed by atoms with E-state index in [0.29, 0.717) is 18.7 Å². The maximum Gasteiger partial charge on any atom is 0.220 e. The molecule has 0 saturated heterocycles. The fraction of sp³-hybridized carbons (Fsp3) is 0.250. The number of nitrogens with zero attached hydrogens (tertiary/aromatic N) is 3. The summed E-state index contributed by atoms with van der Waals surface area (Å²) in [5.74, 6) is -0.00495. The molecule has 0 aliphatic heterocycles. The van der Waals surface area contributed by atoms with Gasteiger partial charge in [0.25, 0.3) is 0 Å². The van der Waals surface area contributed by atoms with Gasteiger partial charge in [0.15, 0.2) is 5.69 Å². The lowest BCUT2D eigenvalue weighted by Gasteiger charge is -2.04. The van der Waals surface area contributed by atoms with Crippen LogP contribution in [-0.4, -0.2) is 26.5 Å². The second-order valence-electron chi connectivity index (χ2n) is 3.96. The van der Waals surface area contributed by atoms with Gasteiger partial charge in [-0.2, -0.15) is 0 Å². The van der Waals surface area contributed by atoms with Crippen LogP contribution in [-0.2, 0) is 6.54 Å². The maximum absolute atomic E-state index is 10.2. The van der Waals surface area contributed by atoms with Crippen LogP contribution in [0.2, 0.25) is 0 Å². The van der Waals surface area contributed by atoms with Gasteiger partial charge in [0, 0.05) is 18.5 Å². The molecule has 0 amide bonds. The van der Waals surface area contributed by atoms with Gasteiger partial charge < -0.3 is 20.5 Å². The van der Waals surface area contributed by atoms with E-state index in [9.17, 15) is 5.11 Å². The minimum absolute atomic E-state index is 0.00495. The molecule has 0 bridgehead atoms. The minimum atomic E-state index is -0.0911. The van der Waals surface area contributed by atoms with Crippen molar-refractivity contribution in [1.29, 1.82) is 0 Å². The van der Waals surface area contributed by atoms with Crippen molar-refractivity contribution in [1.82, 2.24) is 4.57 Å². The van der Waals surface area contributed by atoms with Crippen LogP contribution in [0.25, 0.3) is 10.9 Å². The number of aliphatic hydroxyl groups excluding tert-OH is 1. The van der Waals surface area contributed by atoms with E-state index < -0.39 is 0 Å². The molecular formula is C12H14N4O2S. The Kier molecular flexibility index (Phi) is 4.08. The maximum atomic E-state index is 10.2. The van der Waals surface area contributed by atoms with Crippen LogP contribution in [0.3, 0.4) is 0 Å². The number of hydrogen-bond donors (Lipinski definition) is 3. The zero-order chi connectivity index (χ0) is 13.8. The molecule has 0 saturated carbocycles. The first-order chi connectivity index (χ1) is 9.15. The van der Waals surface area contributed by atoms with Gasteiger partial charge in [-0.1, -0.05) is 18.2 Å². The molecule has 0 atom stereocenters. The Bertz CT molecular complexity index is 636. The third kappa shape index (κ3) is 2.72. The number of aromatic nitrogens is 1. The Labute approximate surface area is 115 Å². The van der Waals surface area contributed by atoms with E-state index in [-0.39, 0.29) is 17.6 Å². The Morgan fingerprint density at radius 1 is 1.37 bits per heavy atom. The second-order valence-corrected chi connectivity index (χ2v) is 4.37. The van der Waals surface area contributed by atoms with Crippen molar-refractivity contribution in [3.05, 3.63) is 24.3 Å². The molecule has 19 heavy (non-hydrogen) atoms. The van der Waals surface area contributed by atoms with E-state index in [4.69, 9.17) is 10.8 Å². The number of para-hydroxylation sites is 1. The summed E-state index contributed by atoms with van der Waals surface area (Å²) in [5, 5.41) is 27.3. The van der Waals surface area contributed by atoms with Crippen molar-refractivity contribution >= 4 is 33.9 Å². The molecule has 1 aromatic carbocycles. The number of benzene rings is 1. The van der Waals surface area contributed by atoms with Crippen LogP contribution >= 0.6 is 12.2 Å². The molecule has 0 unspecified atom stereocenters. The van der Waals surface area contributed by atoms with E-state index in [2.05, 4.69) is 22.4 Å². The number of rotatable bonds is 4. The first kappa shape index (κ1) is 13.4. The van der Waals surface area contributed by atoms with Gasteiger partial charge >= 0.3 is 0 Å². The lowest BCUT2D eigenvalue weighted by molar-refractivity contribution is 0.277. The SMILES string of the molecule is NC(=S)N=Nc1c(O)n(CCCO)c2ccccc12. The fourth-order valence-corrected chi connectivity index (χ4v) is 1.97. The quantitative estimate of drug-likeness (QED) is 0.589. The van der Waals surface area contributed by atoms with Crippen molar-refractivity contribution in [3.8, 4) is 5.88 Å². The zero-order valence-corrected chi connectivity index (χ0v) is 11.0. The van der Waals surface area contributed by atoms with E-state index in [0.717, 1.165) is 10.9 Å². The first-order valence-electron chi connectivity index (χ1n) is 5.77. The highest BCUT2D eigenvalue weighted by Gasteiger charge is 2.15. The number of hydrogen-bond acceptors (Lipinski definition) is 4. The number of azo groups is 1. The van der Waals surface area contributed by atoms with Crippen LogP contribution in [0, 0.1) is 0 Å². The molecule has 2 rings (SSSR count). The largest absolute Gasteiger partial charge is 0.493 e. The van der Waals surface area contributed by atoms with Gasteiger partial charge in [-0.15, -0.1) is 10.2 Å². The van der Waals surface area contributed by atoms with Gasteiger partial charge in [0.2, 0.25) is 11.0 Å². The van der Waals surface area contributed by atoms with Gasteiger partial charge in [-0.05, 0) is 24.7 Å². The third-order valence-corrected chi connectivity index (χ3v) is 2.79. The van der Waals surface area contributed by atoms with Crippen LogP contribution in [0.1, 0.15) is 6.42 Å². The van der Waals surface area contributed by atoms with Gasteiger partial charge in [-0.25, -0.2) is 0 Å². The summed E-state index contributed by atoms with van der Waals surface area (Å²) in [6, 6.07) is 7.41. The predicted octanol–water partition coefficient (Wildman–Crippen LogP) is 2.06. The summed E-state index contributed by atoms with van der Waals surface area (Å²) in [5.41, 5.74) is 6.43. The summed E-state index contributed by atoms with van der Waals surface area (Å²) >= 11 is 4.63. The van der Waals surface area contributed by atoms with Crippen molar-refractivity contribution < 1.29 is 10.2 Å². The molecule has 0 spiro atoms. The van der Waals surface area contributed by atoms with E-state index >= 15 is 0 Å². The van der Waals surface area contributed by atoms with Crippen LogP contribution in [0.15, 0.2) is 34.5 Å². The average Bonchev–Trinajstić information content (AvgIpc) is 2.66. The second kappa shape index (κ2) is 5.77. The lowest BCUT2D eigenvalue weighted by Crippen LogP contribution is -2.01. The Morgan fingerprint density at radius 2 is 2.11 bits per heavy atom. The molecular weight excluding hydrogens is 264 g/mol. The molecule has 100 valence electrons. The van der Waals surface area contributed by atoms with Crippen molar-refractivity contribution in [3.63, 3.8) is 0 Å². The standard InChI is InChI=1S/C12H14N4O2S/c13-12(19)15-14-10-8-4-1-2-5-9(8)16(11(10)18)6-3-7-17/h1-2,4-5,17-18H,3,6-7H2,(H2,13,19). The number of aromatic hydroxyl groups is 1. The summed E-state index contributed by atoms with van der Waals surface area (Å²) in [4.78, 5) is 0. The number of aryl methyl sites for hydroxylation is 1. The molecule has 7 heteroatoms. The number of aliphatic hydroxyl groups is 1. The van der Waals surface area contributed by atoms with Crippen LogP contribution in [0.5, 0.6) is 5.88 Å². The minimum Gasteiger partial charge on any atom is -0.493 e. The van der Waals surface area contributed by atoms with Crippen LogP contribution in [0.4, 0.5) is 5.69 Å². The first-order valence-corrected chi connectivity index (χ1v) is 6.18. The Hall–Kier alpha value is -1.99. The molecule has 4 N–H and O–H groups in total. The average molecular weight is 278 g/mol. The molecule has 6 nitrogen and oxygen atoms in total. The Balaban J connectivity index is 2.56. The summed E-state index contributed by atoms with van der Waals surface area (Å²) in [7, 11) is 0. The molecule has 1 aromatic heterocycles. The molecule has 2 aromatic rings. The van der Waals surface area contributed by atoms with E-state index in [1.54, 1.807) is 4.57 Å². The fourth-order valence-electron chi connectivity index (χ4n) is 1.92. The highest BCUT2D eigenvalue weighted by molar-refractivity contribution is 7.80. The summed E-state index contributed by atoms with van der Waals surface area (Å²) in [6.07, 6.45) is 0.540. The normalized spacial score (nSPS) is 11.4. The topological polar surface area (TPSA) is 96.1 Å². The van der Waals surface area contributed by atoms with Crippen LogP contribution < -0.4 is 5.73 Å². The number of fused-ring (bicyclic) bond motifs is 1. The summed E-state index contributed by atoms with van der Waals surface area (Å²) in [6.45, 7) is 0.543. The van der Waals surface area contributed by atoms with Gasteiger partial charge in [0.05, 0.1) is 5.52 Å². The summed E-state index contributed by atoms with van der Waals surface area (Å²) < 4.78 is 1.68. The monoisotopic (exact) mass is 278 g/mol. The highest BCUT2D eigenvalue weighted by atomic mass is 32.1. The molecule has 1 heterocycles. The van der Waals surface area contributed by atoms with Gasteiger partial charge in [-0.3, -0.25) is 0 Å². The lowest BCUT2D eigenvalue weighted by atomic mass is 10.2. The molecule has 0 radical (unpaired) electrons. The van der Waals surface area contributed by atoms with Crippen molar-refractivity contribution in [2.75, 3.05) is 6.61 Å². The van der Waals surface area contributed by atoms with E-state index in [1.807, 2.05) is 24.3 Å². The zero-order valence-electron chi connectivity index (χ0n) is 10.2. The molecule has 0 fully saturated rings.